The Balaban J connectivity index is 1.60. The number of hydrogen-bond acceptors (Lipinski definition) is 4. The van der Waals surface area contributed by atoms with Gasteiger partial charge in [-0.1, -0.05) is 48.5 Å². The van der Waals surface area contributed by atoms with Crippen molar-refractivity contribution in [2.24, 2.45) is 0 Å². The molecule has 0 spiro atoms. The Morgan fingerprint density at radius 1 is 0.741 bits per heavy atom. The monoisotopic (exact) mass is 356 g/mol. The van der Waals surface area contributed by atoms with Crippen molar-refractivity contribution in [3.8, 4) is 11.3 Å². The molecule has 0 saturated carbocycles. The summed E-state index contributed by atoms with van der Waals surface area (Å²) in [5.74, 6) is 1.88. The van der Waals surface area contributed by atoms with Crippen LogP contribution in [-0.4, -0.2) is 29.6 Å². The Bertz CT molecular complexity index is 932. The highest BCUT2D eigenvalue weighted by Gasteiger charge is 2.23. The van der Waals surface area contributed by atoms with Crippen molar-refractivity contribution in [1.82, 2.24) is 9.97 Å². The molecule has 0 aliphatic carbocycles. The third-order valence-electron chi connectivity index (χ3n) is 5.57. The predicted octanol–water partition coefficient (Wildman–Crippen LogP) is 4.83. The molecule has 0 amide bonds. The summed E-state index contributed by atoms with van der Waals surface area (Å²) >= 11 is 0. The molecule has 1 saturated heterocycles. The van der Waals surface area contributed by atoms with Gasteiger partial charge < -0.3 is 9.80 Å². The lowest BCUT2D eigenvalue weighted by Gasteiger charge is -2.28. The first-order valence-electron chi connectivity index (χ1n) is 9.93. The van der Waals surface area contributed by atoms with Gasteiger partial charge in [0.15, 0.2) is 0 Å². The van der Waals surface area contributed by atoms with Crippen LogP contribution in [0.3, 0.4) is 0 Å². The number of piperidine rings is 1. The van der Waals surface area contributed by atoms with Gasteiger partial charge in [0.1, 0.15) is 5.82 Å². The van der Waals surface area contributed by atoms with Crippen molar-refractivity contribution in [3.05, 3.63) is 66.2 Å². The maximum atomic E-state index is 5.00. The van der Waals surface area contributed by atoms with E-state index < -0.39 is 0 Å². The van der Waals surface area contributed by atoms with E-state index in [1.807, 2.05) is 6.07 Å². The van der Waals surface area contributed by atoms with Crippen LogP contribution in [0.15, 0.2) is 60.7 Å². The minimum atomic E-state index is 0.871. The molecule has 4 nitrogen and oxygen atoms in total. The first-order valence-corrected chi connectivity index (χ1v) is 9.93. The van der Waals surface area contributed by atoms with E-state index in [2.05, 4.69) is 64.4 Å². The van der Waals surface area contributed by atoms with Crippen molar-refractivity contribution in [2.75, 3.05) is 29.4 Å². The van der Waals surface area contributed by atoms with Gasteiger partial charge in [-0.3, -0.25) is 0 Å². The molecule has 136 valence electrons. The van der Waals surface area contributed by atoms with E-state index >= 15 is 0 Å². The fourth-order valence-corrected chi connectivity index (χ4v) is 4.13. The second-order valence-corrected chi connectivity index (χ2v) is 7.36. The van der Waals surface area contributed by atoms with E-state index in [9.17, 15) is 0 Å². The number of nitrogens with zero attached hydrogens (tertiary/aromatic N) is 4. The van der Waals surface area contributed by atoms with Crippen LogP contribution in [0.2, 0.25) is 0 Å². The molecule has 2 aromatic carbocycles. The molecule has 3 heterocycles. The molecular formula is C23H24N4. The fraction of sp³-hybridized carbons (Fsp3) is 0.304. The molecule has 2 aliphatic heterocycles. The van der Waals surface area contributed by atoms with Crippen LogP contribution in [0.4, 0.5) is 17.5 Å². The molecule has 5 rings (SSSR count). The van der Waals surface area contributed by atoms with Crippen LogP contribution < -0.4 is 9.80 Å². The zero-order chi connectivity index (χ0) is 18.1. The maximum absolute atomic E-state index is 5.00. The van der Waals surface area contributed by atoms with Crippen molar-refractivity contribution < 1.29 is 0 Å². The molecule has 1 aromatic heterocycles. The minimum absolute atomic E-state index is 0.871. The molecule has 0 atom stereocenters. The highest BCUT2D eigenvalue weighted by atomic mass is 15.3. The Labute approximate surface area is 160 Å². The highest BCUT2D eigenvalue weighted by molar-refractivity contribution is 5.72. The van der Waals surface area contributed by atoms with E-state index in [1.54, 1.807) is 0 Å². The van der Waals surface area contributed by atoms with Crippen molar-refractivity contribution >= 4 is 17.5 Å². The molecule has 3 aromatic rings. The molecule has 0 N–H and O–H groups in total. The van der Waals surface area contributed by atoms with Gasteiger partial charge in [0.05, 0.1) is 5.69 Å². The lowest BCUT2D eigenvalue weighted by Crippen LogP contribution is -2.31. The van der Waals surface area contributed by atoms with E-state index in [0.717, 1.165) is 49.1 Å². The summed E-state index contributed by atoms with van der Waals surface area (Å²) in [6.45, 7) is 3.08. The number of fused-ring (bicyclic) bond motifs is 1. The number of rotatable bonds is 3. The number of benzene rings is 2. The average molecular weight is 356 g/mol. The van der Waals surface area contributed by atoms with Crippen LogP contribution in [-0.2, 0) is 6.42 Å². The first kappa shape index (κ1) is 16.3. The highest BCUT2D eigenvalue weighted by Crippen LogP contribution is 2.35. The summed E-state index contributed by atoms with van der Waals surface area (Å²) in [7, 11) is 0. The average Bonchev–Trinajstić information content (AvgIpc) is 3.19. The SMILES string of the molecule is c1ccc(-c2cc(N3CCc4ccccc43)nc(N3CCCCC3)n2)cc1. The summed E-state index contributed by atoms with van der Waals surface area (Å²) < 4.78 is 0. The van der Waals surface area contributed by atoms with Gasteiger partial charge in [-0.25, -0.2) is 4.98 Å². The van der Waals surface area contributed by atoms with Gasteiger partial charge in [-0.05, 0) is 37.3 Å². The van der Waals surface area contributed by atoms with Crippen molar-refractivity contribution in [1.29, 1.82) is 0 Å². The van der Waals surface area contributed by atoms with Gasteiger partial charge in [0.25, 0.3) is 0 Å². The third kappa shape index (κ3) is 3.16. The quantitative estimate of drug-likeness (QED) is 0.673. The van der Waals surface area contributed by atoms with Gasteiger partial charge in [0, 0.05) is 37.0 Å². The Hall–Kier alpha value is -2.88. The van der Waals surface area contributed by atoms with Crippen LogP contribution in [0.5, 0.6) is 0 Å². The molecule has 1 fully saturated rings. The second-order valence-electron chi connectivity index (χ2n) is 7.36. The van der Waals surface area contributed by atoms with E-state index in [4.69, 9.17) is 9.97 Å². The first-order chi connectivity index (χ1) is 13.4. The smallest absolute Gasteiger partial charge is 0.227 e. The standard InChI is InChI=1S/C23H24N4/c1-3-9-18(10-4-1)20-17-22(25-23(24-20)26-14-7-2-8-15-26)27-16-13-19-11-5-6-12-21(19)27/h1,3-6,9-12,17H,2,7-8,13-16H2. The Morgan fingerprint density at radius 2 is 1.52 bits per heavy atom. The lowest BCUT2D eigenvalue weighted by molar-refractivity contribution is 0.568. The number of hydrogen-bond donors (Lipinski definition) is 0. The van der Waals surface area contributed by atoms with Gasteiger partial charge >= 0.3 is 0 Å². The number of aromatic nitrogens is 2. The van der Waals surface area contributed by atoms with Gasteiger partial charge in [-0.2, -0.15) is 4.98 Å². The predicted molar refractivity (Wildman–Crippen MR) is 111 cm³/mol. The minimum Gasteiger partial charge on any atom is -0.341 e. The molecular weight excluding hydrogens is 332 g/mol. The number of para-hydroxylation sites is 1. The topological polar surface area (TPSA) is 32.3 Å². The van der Waals surface area contributed by atoms with Gasteiger partial charge in [-0.15, -0.1) is 0 Å². The van der Waals surface area contributed by atoms with Gasteiger partial charge in [0.2, 0.25) is 5.95 Å². The van der Waals surface area contributed by atoms with E-state index in [-0.39, 0.29) is 0 Å². The Kier molecular flexibility index (Phi) is 4.24. The zero-order valence-corrected chi connectivity index (χ0v) is 15.5. The summed E-state index contributed by atoms with van der Waals surface area (Å²) in [4.78, 5) is 14.6. The molecule has 0 radical (unpaired) electrons. The van der Waals surface area contributed by atoms with Crippen LogP contribution in [0, 0.1) is 0 Å². The van der Waals surface area contributed by atoms with Crippen LogP contribution >= 0.6 is 0 Å². The second kappa shape index (κ2) is 7.03. The van der Waals surface area contributed by atoms with E-state index in [0.29, 0.717) is 0 Å². The fourth-order valence-electron chi connectivity index (χ4n) is 4.13. The maximum Gasteiger partial charge on any atom is 0.227 e. The molecule has 0 bridgehead atoms. The normalized spacial score (nSPS) is 16.4. The van der Waals surface area contributed by atoms with E-state index in [1.165, 1.54) is 30.5 Å². The molecule has 27 heavy (non-hydrogen) atoms. The Morgan fingerprint density at radius 3 is 2.37 bits per heavy atom. The van der Waals surface area contributed by atoms with Crippen molar-refractivity contribution in [2.45, 2.75) is 25.7 Å². The lowest BCUT2D eigenvalue weighted by atomic mass is 10.1. The van der Waals surface area contributed by atoms with Crippen LogP contribution in [0.25, 0.3) is 11.3 Å². The summed E-state index contributed by atoms with van der Waals surface area (Å²) in [5, 5.41) is 0. The summed E-state index contributed by atoms with van der Waals surface area (Å²) in [6.07, 6.45) is 4.82. The third-order valence-corrected chi connectivity index (χ3v) is 5.57. The molecule has 0 unspecified atom stereocenters. The van der Waals surface area contributed by atoms with Crippen molar-refractivity contribution in [3.63, 3.8) is 0 Å². The zero-order valence-electron chi connectivity index (χ0n) is 15.5. The summed E-state index contributed by atoms with van der Waals surface area (Å²) in [6, 6.07) is 21.3. The molecule has 2 aliphatic rings. The number of anilines is 3. The van der Waals surface area contributed by atoms with Crippen LogP contribution in [0.1, 0.15) is 24.8 Å². The molecule has 4 heteroatoms. The summed E-state index contributed by atoms with van der Waals surface area (Å²) in [5.41, 5.74) is 4.83. The largest absolute Gasteiger partial charge is 0.341 e.